The van der Waals surface area contributed by atoms with Crippen LogP contribution in [-0.4, -0.2) is 92.2 Å². The van der Waals surface area contributed by atoms with Crippen molar-refractivity contribution in [2.45, 2.75) is 296 Å². The van der Waals surface area contributed by atoms with E-state index < -0.39 is 0 Å². The van der Waals surface area contributed by atoms with Crippen LogP contribution in [-0.2, 0) is 0 Å². The highest BCUT2D eigenvalue weighted by Gasteiger charge is 2.47. The summed E-state index contributed by atoms with van der Waals surface area (Å²) < 4.78 is 0. The second-order valence-corrected chi connectivity index (χ2v) is 23.0. The normalized spacial score (nSPS) is 21.2. The van der Waals surface area contributed by atoms with Crippen molar-refractivity contribution in [3.05, 3.63) is 0 Å². The van der Waals surface area contributed by atoms with Gasteiger partial charge in [0.15, 0.2) is 0 Å². The third kappa shape index (κ3) is 16.4. The summed E-state index contributed by atoms with van der Waals surface area (Å²) >= 11 is 0. The van der Waals surface area contributed by atoms with Crippen molar-refractivity contribution in [2.24, 2.45) is 0 Å². The quantitative estimate of drug-likeness (QED) is 0.0837. The molecule has 0 atom stereocenters. The lowest BCUT2D eigenvalue weighted by atomic mass is 9.77. The molecule has 3 heterocycles. The van der Waals surface area contributed by atoms with Crippen LogP contribution >= 0.6 is 0 Å². The van der Waals surface area contributed by atoms with E-state index in [1.54, 1.807) is 0 Å². The summed E-state index contributed by atoms with van der Waals surface area (Å²) in [5, 5.41) is 3.94. The average molecular weight is 851 g/mol. The van der Waals surface area contributed by atoms with E-state index in [-0.39, 0.29) is 22.2 Å². The van der Waals surface area contributed by atoms with E-state index in [0.717, 1.165) is 56.6 Å². The van der Waals surface area contributed by atoms with Gasteiger partial charge < -0.3 is 15.1 Å². The average Bonchev–Trinajstić information content (AvgIpc) is 3.20. The molecule has 354 valence electrons. The van der Waals surface area contributed by atoms with Gasteiger partial charge in [0.25, 0.3) is 0 Å². The lowest BCUT2D eigenvalue weighted by molar-refractivity contribution is -0.0130. The minimum atomic E-state index is 0.0777. The predicted molar refractivity (Wildman–Crippen MR) is 267 cm³/mol. The van der Waals surface area contributed by atoms with Gasteiger partial charge in [-0.2, -0.15) is 15.0 Å². The number of rotatable bonds is 28. The standard InChI is InChI=1S/C53H102N8/c1-13-15-17-19-21-23-25-27-29-34-38-60(45-40-50(3,4)58(11)51(5,6)41-45)48-55-47(54-44-36-32-31-33-37-44)56-49(57-48)61(39-35-30-28-26-24-22-20-18-16-14-2)46-42-52(7,8)59(12)53(9,10)43-46/h44-46H,13-43H2,1-12H3,(H,54,55,56,57). The molecular formula is C53H102N8. The number of anilines is 3. The number of nitrogens with zero attached hydrogens (tertiary/aromatic N) is 7. The Bertz CT molecular complexity index is 1230. The van der Waals surface area contributed by atoms with E-state index in [1.807, 2.05) is 0 Å². The molecular weight excluding hydrogens is 749 g/mol. The lowest BCUT2D eigenvalue weighted by Gasteiger charge is -2.56. The van der Waals surface area contributed by atoms with Crippen molar-refractivity contribution in [1.82, 2.24) is 24.8 Å². The van der Waals surface area contributed by atoms with Crippen LogP contribution in [0.4, 0.5) is 17.8 Å². The molecule has 2 saturated heterocycles. The Kier molecular flexibility index (Phi) is 21.4. The molecule has 2 aliphatic heterocycles. The summed E-state index contributed by atoms with van der Waals surface area (Å²) in [5.74, 6) is 2.64. The maximum Gasteiger partial charge on any atom is 0.232 e. The topological polar surface area (TPSA) is 63.7 Å². The molecule has 3 fully saturated rings. The van der Waals surface area contributed by atoms with Crippen molar-refractivity contribution in [1.29, 1.82) is 0 Å². The highest BCUT2D eigenvalue weighted by molar-refractivity contribution is 5.48. The summed E-state index contributed by atoms with van der Waals surface area (Å²) in [6.07, 6.45) is 37.7. The van der Waals surface area contributed by atoms with Gasteiger partial charge in [-0.3, -0.25) is 9.80 Å². The first-order valence-electron chi connectivity index (χ1n) is 26.5. The van der Waals surface area contributed by atoms with Crippen molar-refractivity contribution in [3.63, 3.8) is 0 Å². The number of likely N-dealkylation sites (tertiary alicyclic amines) is 2. The van der Waals surface area contributed by atoms with Gasteiger partial charge in [0.05, 0.1) is 0 Å². The van der Waals surface area contributed by atoms with Crippen LogP contribution in [0, 0.1) is 0 Å². The maximum atomic E-state index is 5.70. The van der Waals surface area contributed by atoms with Gasteiger partial charge in [0, 0.05) is 53.4 Å². The van der Waals surface area contributed by atoms with Crippen LogP contribution in [0.2, 0.25) is 0 Å². The molecule has 0 bridgehead atoms. The number of unbranched alkanes of at least 4 members (excludes halogenated alkanes) is 18. The first kappa shape index (κ1) is 52.0. The molecule has 4 rings (SSSR count). The lowest BCUT2D eigenvalue weighted by Crippen LogP contribution is -2.63. The molecule has 0 spiro atoms. The molecule has 0 unspecified atom stereocenters. The Morgan fingerprint density at radius 2 is 0.770 bits per heavy atom. The fourth-order valence-corrected chi connectivity index (χ4v) is 11.6. The smallest absolute Gasteiger partial charge is 0.232 e. The fourth-order valence-electron chi connectivity index (χ4n) is 11.6. The molecule has 1 saturated carbocycles. The molecule has 8 nitrogen and oxygen atoms in total. The van der Waals surface area contributed by atoms with Gasteiger partial charge >= 0.3 is 0 Å². The summed E-state index contributed by atoms with van der Waals surface area (Å²) in [5.41, 5.74) is 0.311. The van der Waals surface area contributed by atoms with E-state index in [1.165, 1.54) is 161 Å². The summed E-state index contributed by atoms with van der Waals surface area (Å²) in [6.45, 7) is 26.3. The van der Waals surface area contributed by atoms with Gasteiger partial charge in [-0.05, 0) is 121 Å². The SMILES string of the molecule is CCCCCCCCCCCCN(c1nc(NC2CCCCC2)nc(N(CCCCCCCCCCCC)C2CC(C)(C)N(C)C(C)(C)C2)n1)C1CC(C)(C)N(C)C(C)(C)C1. The van der Waals surface area contributed by atoms with Crippen LogP contribution in [0.25, 0.3) is 0 Å². The first-order chi connectivity index (χ1) is 29.0. The summed E-state index contributed by atoms with van der Waals surface area (Å²) in [6, 6.07) is 1.17. The van der Waals surface area contributed by atoms with Crippen LogP contribution in [0.5, 0.6) is 0 Å². The van der Waals surface area contributed by atoms with E-state index in [2.05, 4.69) is 108 Å². The first-order valence-corrected chi connectivity index (χ1v) is 26.5. The summed E-state index contributed by atoms with van der Waals surface area (Å²) in [4.78, 5) is 27.3. The highest BCUT2D eigenvalue weighted by Crippen LogP contribution is 2.42. The number of piperidine rings is 2. The largest absolute Gasteiger partial charge is 0.351 e. The molecule has 8 heteroatoms. The van der Waals surface area contributed by atoms with E-state index in [0.29, 0.717) is 18.1 Å². The third-order valence-corrected chi connectivity index (χ3v) is 16.0. The highest BCUT2D eigenvalue weighted by atomic mass is 15.4. The molecule has 0 radical (unpaired) electrons. The molecule has 1 aliphatic carbocycles. The molecule has 3 aliphatic rings. The fraction of sp³-hybridized carbons (Fsp3) is 0.943. The molecule has 1 aromatic heterocycles. The Balaban J connectivity index is 1.66. The van der Waals surface area contributed by atoms with Crippen LogP contribution in [0.1, 0.15) is 255 Å². The summed E-state index contributed by atoms with van der Waals surface area (Å²) in [7, 11) is 4.68. The van der Waals surface area contributed by atoms with E-state index in [9.17, 15) is 0 Å². The van der Waals surface area contributed by atoms with Gasteiger partial charge in [-0.15, -0.1) is 0 Å². The minimum absolute atomic E-state index is 0.0777. The monoisotopic (exact) mass is 851 g/mol. The molecule has 61 heavy (non-hydrogen) atoms. The number of hydrogen-bond acceptors (Lipinski definition) is 8. The Morgan fingerprint density at radius 1 is 0.459 bits per heavy atom. The Hall–Kier alpha value is -1.67. The van der Waals surface area contributed by atoms with Gasteiger partial charge in [0.2, 0.25) is 17.8 Å². The van der Waals surface area contributed by atoms with E-state index >= 15 is 0 Å². The van der Waals surface area contributed by atoms with Crippen molar-refractivity contribution in [3.8, 4) is 0 Å². The van der Waals surface area contributed by atoms with Gasteiger partial charge in [-0.1, -0.05) is 149 Å². The number of hydrogen-bond donors (Lipinski definition) is 1. The predicted octanol–water partition coefficient (Wildman–Crippen LogP) is 14.4. The molecule has 1 aromatic rings. The van der Waals surface area contributed by atoms with Crippen molar-refractivity contribution >= 4 is 17.8 Å². The zero-order valence-corrected chi connectivity index (χ0v) is 42.8. The zero-order valence-electron chi connectivity index (χ0n) is 42.8. The van der Waals surface area contributed by atoms with Crippen molar-refractivity contribution in [2.75, 3.05) is 42.3 Å². The second kappa shape index (κ2) is 25.1. The van der Waals surface area contributed by atoms with Crippen molar-refractivity contribution < 1.29 is 0 Å². The maximum absolute atomic E-state index is 5.70. The van der Waals surface area contributed by atoms with Crippen LogP contribution in [0.15, 0.2) is 0 Å². The minimum Gasteiger partial charge on any atom is -0.351 e. The second-order valence-electron chi connectivity index (χ2n) is 23.0. The number of aromatic nitrogens is 3. The molecule has 1 N–H and O–H groups in total. The zero-order chi connectivity index (χ0) is 44.5. The third-order valence-electron chi connectivity index (χ3n) is 16.0. The van der Waals surface area contributed by atoms with Crippen LogP contribution < -0.4 is 15.1 Å². The number of nitrogens with one attached hydrogen (secondary N) is 1. The van der Waals surface area contributed by atoms with Gasteiger partial charge in [0.1, 0.15) is 0 Å². The van der Waals surface area contributed by atoms with Crippen LogP contribution in [0.3, 0.4) is 0 Å². The molecule has 0 amide bonds. The van der Waals surface area contributed by atoms with Gasteiger partial charge in [-0.25, -0.2) is 0 Å². The van der Waals surface area contributed by atoms with E-state index in [4.69, 9.17) is 15.0 Å². The Labute approximate surface area is 379 Å². The molecule has 0 aromatic carbocycles. The Morgan fingerprint density at radius 3 is 1.10 bits per heavy atom.